The number of primary amides is 1. The second kappa shape index (κ2) is 27.6. The summed E-state index contributed by atoms with van der Waals surface area (Å²) < 4.78 is 0. The van der Waals surface area contributed by atoms with Crippen LogP contribution in [0.4, 0.5) is 0 Å². The predicted molar refractivity (Wildman–Crippen MR) is 328 cm³/mol. The molecule has 0 bridgehead atoms. The number of carbonyl (C=O) groups excluding carboxylic acids is 13. The van der Waals surface area contributed by atoms with E-state index >= 15 is 0 Å². The van der Waals surface area contributed by atoms with E-state index in [-0.39, 0.29) is 127 Å². The van der Waals surface area contributed by atoms with Crippen molar-refractivity contribution < 1.29 is 62.3 Å². The van der Waals surface area contributed by atoms with Crippen LogP contribution in [0.15, 0.2) is 10.2 Å². The molecule has 508 valence electrons. The Morgan fingerprint density at radius 3 is 0.681 bits per heavy atom. The summed E-state index contributed by atoms with van der Waals surface area (Å²) in [4.78, 5) is 210. The number of rotatable bonds is 14. The summed E-state index contributed by atoms with van der Waals surface area (Å²) in [6.45, 7) is 3.95. The molecule has 12 heterocycles. The maximum atomic E-state index is 14.9. The fraction of sp³-hybridized carbons (Fsp3) is 0.790. The standard InChI is InChI=1S/C62H87N19O13/c1-36(82)80-34-37(66-68-64)32-49(80)61(93)78-30-10-20-47(78)59(91)76-28-7-18-45(76)57(89)74-26-5-16-43(74)55(87)72-24-3-14-41(72)53(85)71-23-4-15-42(71)54(86)73-25-6-17-44(73)56(88)75-27-8-19-46(75)58(90)77-29-11-21-48(77)60(92)81-35-38(67-69-65)33-50(81)62(94)79-31-9-13-40(79)52(84)70-22-2-12-39(70)51(63)83/h37-50H,2-35H2,1H3,(H2,63,83)/t37-,38-,39-,40-,41-,42-,43-,44-,45-,46-,47-,48-,49-,50-/m0/s1. The van der Waals surface area contributed by atoms with E-state index in [0.29, 0.717) is 129 Å². The molecule has 12 saturated heterocycles. The Balaban J connectivity index is 0.671. The van der Waals surface area contributed by atoms with Crippen molar-refractivity contribution in [3.8, 4) is 0 Å². The molecule has 0 aromatic carbocycles. The van der Waals surface area contributed by atoms with Crippen molar-refractivity contribution in [1.82, 2.24) is 58.8 Å². The van der Waals surface area contributed by atoms with Gasteiger partial charge in [-0.3, -0.25) is 62.3 Å². The topological polar surface area (TPSA) is 384 Å². The number of hydrogen-bond acceptors (Lipinski definition) is 15. The number of hydrogen-bond donors (Lipinski definition) is 1. The van der Waals surface area contributed by atoms with Crippen LogP contribution in [0, 0.1) is 0 Å². The third-order valence-electron chi connectivity index (χ3n) is 22.5. The molecule has 12 fully saturated rings. The van der Waals surface area contributed by atoms with Gasteiger partial charge in [-0.05, 0) is 152 Å². The van der Waals surface area contributed by atoms with Crippen LogP contribution in [-0.4, -0.2) is 299 Å². The SMILES string of the molecule is CC(=O)N1C[C@@H](N=[N+]=[N-])C[C@H]1C(=O)N1CCC[C@H]1C(=O)N1CCC[C@H]1C(=O)N1CCC[C@H]1C(=O)N1CCC[C@H]1C(=O)N1CCC[C@H]1C(=O)N1CCC[C@H]1C(=O)N1CCC[C@H]1C(=O)N1CCC[C@H]1C(=O)N1C[C@@H](N=[N+]=[N-])C[C@H]1C(=O)N1CCC[C@H]1C(=O)N1CCC[C@H]1C(N)=O. The van der Waals surface area contributed by atoms with Crippen molar-refractivity contribution >= 4 is 76.8 Å². The van der Waals surface area contributed by atoms with Crippen LogP contribution in [0.3, 0.4) is 0 Å². The summed E-state index contributed by atoms with van der Waals surface area (Å²) in [5.41, 5.74) is 24.2. The highest BCUT2D eigenvalue weighted by atomic mass is 16.2. The van der Waals surface area contributed by atoms with Crippen LogP contribution in [0.2, 0.25) is 0 Å². The molecule has 13 amide bonds. The Labute approximate surface area is 544 Å². The monoisotopic (exact) mass is 1310 g/mol. The zero-order valence-corrected chi connectivity index (χ0v) is 53.6. The molecular weight excluding hydrogens is 1220 g/mol. The number of nitrogens with zero attached hydrogens (tertiary/aromatic N) is 18. The molecule has 0 aliphatic carbocycles. The number of nitrogens with two attached hydrogens (primary N) is 1. The van der Waals surface area contributed by atoms with Gasteiger partial charge in [0.1, 0.15) is 72.5 Å². The van der Waals surface area contributed by atoms with Crippen LogP contribution >= 0.6 is 0 Å². The average Bonchev–Trinajstić information content (AvgIpc) is 1.67. The highest BCUT2D eigenvalue weighted by Gasteiger charge is 2.55. The minimum Gasteiger partial charge on any atom is -0.368 e. The van der Waals surface area contributed by atoms with Gasteiger partial charge in [0.15, 0.2) is 0 Å². The quantitative estimate of drug-likeness (QED) is 0.136. The molecule has 0 radical (unpaired) electrons. The smallest absolute Gasteiger partial charge is 0.246 e. The van der Waals surface area contributed by atoms with Gasteiger partial charge in [-0.2, -0.15) is 0 Å². The van der Waals surface area contributed by atoms with Crippen molar-refractivity contribution in [2.45, 2.75) is 233 Å². The number of likely N-dealkylation sites (tertiary alicyclic amines) is 12. The first-order valence-electron chi connectivity index (χ1n) is 34.3. The van der Waals surface area contributed by atoms with E-state index in [1.54, 1.807) is 4.90 Å². The van der Waals surface area contributed by atoms with E-state index < -0.39 is 126 Å². The van der Waals surface area contributed by atoms with Crippen LogP contribution in [0.25, 0.3) is 20.9 Å². The van der Waals surface area contributed by atoms with E-state index in [4.69, 9.17) is 11.3 Å². The Bertz CT molecular complexity index is 3210. The van der Waals surface area contributed by atoms with Gasteiger partial charge < -0.3 is 64.5 Å². The van der Waals surface area contributed by atoms with Crippen molar-refractivity contribution in [3.63, 3.8) is 0 Å². The van der Waals surface area contributed by atoms with Crippen molar-refractivity contribution in [1.29, 1.82) is 0 Å². The zero-order valence-electron chi connectivity index (χ0n) is 53.6. The van der Waals surface area contributed by atoms with Gasteiger partial charge in [0, 0.05) is 95.3 Å². The Kier molecular flexibility index (Phi) is 19.3. The minimum atomic E-state index is -1.09. The molecule has 0 aromatic heterocycles. The molecular formula is C62H87N19O13. The van der Waals surface area contributed by atoms with E-state index in [1.807, 2.05) is 0 Å². The molecule has 12 aliphatic rings. The van der Waals surface area contributed by atoms with Gasteiger partial charge in [-0.1, -0.05) is 10.2 Å². The van der Waals surface area contributed by atoms with Crippen LogP contribution < -0.4 is 5.73 Å². The van der Waals surface area contributed by atoms with Crippen molar-refractivity contribution in [2.75, 3.05) is 78.5 Å². The summed E-state index contributed by atoms with van der Waals surface area (Å²) in [7, 11) is 0. The van der Waals surface area contributed by atoms with Crippen molar-refractivity contribution in [3.05, 3.63) is 20.9 Å². The van der Waals surface area contributed by atoms with Crippen LogP contribution in [-0.2, 0) is 62.3 Å². The highest BCUT2D eigenvalue weighted by molar-refractivity contribution is 6.01. The lowest BCUT2D eigenvalue weighted by Gasteiger charge is -2.38. The number of azide groups is 2. The first-order chi connectivity index (χ1) is 45.3. The van der Waals surface area contributed by atoms with Crippen molar-refractivity contribution in [2.24, 2.45) is 16.0 Å². The lowest BCUT2D eigenvalue weighted by atomic mass is 10.1. The third-order valence-corrected chi connectivity index (χ3v) is 22.5. The Morgan fingerprint density at radius 2 is 0.468 bits per heavy atom. The second-order valence-electron chi connectivity index (χ2n) is 27.7. The number of carbonyl (C=O) groups is 13. The molecule has 12 rings (SSSR count). The molecule has 0 aromatic rings. The van der Waals surface area contributed by atoms with Gasteiger partial charge >= 0.3 is 0 Å². The second-order valence-corrected chi connectivity index (χ2v) is 27.7. The largest absolute Gasteiger partial charge is 0.368 e. The summed E-state index contributed by atoms with van der Waals surface area (Å²) in [6, 6.07) is -12.3. The van der Waals surface area contributed by atoms with Gasteiger partial charge in [0.25, 0.3) is 0 Å². The molecule has 94 heavy (non-hydrogen) atoms. The van der Waals surface area contributed by atoms with E-state index in [2.05, 4.69) is 20.1 Å². The molecule has 14 atom stereocenters. The summed E-state index contributed by atoms with van der Waals surface area (Å²) >= 11 is 0. The van der Waals surface area contributed by atoms with Crippen LogP contribution in [0.1, 0.15) is 148 Å². The maximum absolute atomic E-state index is 14.9. The molecule has 0 saturated carbocycles. The van der Waals surface area contributed by atoms with Gasteiger partial charge in [-0.25, -0.2) is 0 Å². The van der Waals surface area contributed by atoms with E-state index in [9.17, 15) is 67.9 Å². The van der Waals surface area contributed by atoms with Gasteiger partial charge in [0.2, 0.25) is 76.8 Å². The highest BCUT2D eigenvalue weighted by Crippen LogP contribution is 2.37. The summed E-state index contributed by atoms with van der Waals surface area (Å²) in [5.74, 6) is -5.46. The molecule has 12 aliphatic heterocycles. The summed E-state index contributed by atoms with van der Waals surface area (Å²) in [6.07, 6.45) is 8.77. The summed E-state index contributed by atoms with van der Waals surface area (Å²) in [5, 5.41) is 7.64. The molecule has 2 N–H and O–H groups in total. The zero-order chi connectivity index (χ0) is 66.4. The first kappa shape index (κ1) is 65.8. The fourth-order valence-electron chi connectivity index (χ4n) is 18.0. The minimum absolute atomic E-state index is 0.00838. The maximum Gasteiger partial charge on any atom is 0.246 e. The Morgan fingerprint density at radius 1 is 0.287 bits per heavy atom. The molecule has 0 spiro atoms. The predicted octanol–water partition coefficient (Wildman–Crippen LogP) is -0.0388. The average molecular weight is 1310 g/mol. The Hall–Kier alpha value is -8.27. The fourth-order valence-corrected chi connectivity index (χ4v) is 18.0. The normalized spacial score (nSPS) is 32.5. The van der Waals surface area contributed by atoms with E-state index in [1.165, 1.54) is 60.8 Å². The van der Waals surface area contributed by atoms with Gasteiger partial charge in [-0.15, -0.1) is 0 Å². The first-order valence-corrected chi connectivity index (χ1v) is 34.3. The molecule has 32 heteroatoms. The lowest BCUT2D eigenvalue weighted by molar-refractivity contribution is -0.156. The molecule has 0 unspecified atom stereocenters. The van der Waals surface area contributed by atoms with E-state index in [0.717, 1.165) is 0 Å². The number of amides is 13. The van der Waals surface area contributed by atoms with Gasteiger partial charge in [0.05, 0.1) is 12.1 Å². The van der Waals surface area contributed by atoms with Crippen LogP contribution in [0.5, 0.6) is 0 Å². The third kappa shape index (κ3) is 12.1. The lowest BCUT2D eigenvalue weighted by Crippen LogP contribution is -2.59. The molecule has 32 nitrogen and oxygen atoms in total.